The van der Waals surface area contributed by atoms with Crippen molar-refractivity contribution >= 4 is 15.9 Å². The molecule has 0 aliphatic heterocycles. The van der Waals surface area contributed by atoms with Gasteiger partial charge in [0.15, 0.2) is 0 Å². The third kappa shape index (κ3) is 3.45. The van der Waals surface area contributed by atoms with Crippen molar-refractivity contribution in [2.75, 3.05) is 13.7 Å². The van der Waals surface area contributed by atoms with E-state index in [1.807, 2.05) is 30.3 Å². The molecular weight excluding hydrogens is 323 g/mol. The van der Waals surface area contributed by atoms with Gasteiger partial charge < -0.3 is 9.84 Å². The lowest BCUT2D eigenvalue weighted by atomic mass is 9.88. The predicted molar refractivity (Wildman–Crippen MR) is 80.0 cm³/mol. The molecule has 1 atom stereocenters. The van der Waals surface area contributed by atoms with Crippen molar-refractivity contribution in [1.82, 2.24) is 0 Å². The Labute approximate surface area is 126 Å². The van der Waals surface area contributed by atoms with E-state index >= 15 is 0 Å². The fourth-order valence-electron chi connectivity index (χ4n) is 2.20. The average Bonchev–Trinajstić information content (AvgIpc) is 2.43. The summed E-state index contributed by atoms with van der Waals surface area (Å²) >= 11 is 3.22. The Bertz CT molecular complexity index is 574. The summed E-state index contributed by atoms with van der Waals surface area (Å²) in [7, 11) is 1.52. The lowest BCUT2D eigenvalue weighted by Crippen LogP contribution is -2.34. The predicted octanol–water partition coefficient (Wildman–Crippen LogP) is 3.66. The molecule has 2 aromatic carbocycles. The second-order valence-electron chi connectivity index (χ2n) is 4.74. The molecule has 2 rings (SSSR count). The fraction of sp³-hybridized carbons (Fsp3) is 0.250. The Morgan fingerprint density at radius 2 is 1.90 bits per heavy atom. The first-order chi connectivity index (χ1) is 9.55. The van der Waals surface area contributed by atoms with Crippen LogP contribution in [0, 0.1) is 5.82 Å². The molecule has 0 aliphatic carbocycles. The zero-order valence-corrected chi connectivity index (χ0v) is 12.7. The first-order valence-electron chi connectivity index (χ1n) is 6.26. The van der Waals surface area contributed by atoms with Gasteiger partial charge in [-0.2, -0.15) is 0 Å². The minimum atomic E-state index is -1.25. The lowest BCUT2D eigenvalue weighted by molar-refractivity contribution is -0.0360. The minimum absolute atomic E-state index is 0.104. The molecule has 2 nitrogen and oxygen atoms in total. The maximum atomic E-state index is 14.0. The zero-order valence-electron chi connectivity index (χ0n) is 11.1. The molecule has 0 spiro atoms. The van der Waals surface area contributed by atoms with Crippen LogP contribution in [0.4, 0.5) is 4.39 Å². The van der Waals surface area contributed by atoms with Crippen molar-refractivity contribution in [3.63, 3.8) is 0 Å². The number of hydrogen-bond donors (Lipinski definition) is 1. The number of benzene rings is 2. The van der Waals surface area contributed by atoms with Gasteiger partial charge in [0.25, 0.3) is 0 Å². The molecule has 0 fully saturated rings. The molecule has 1 unspecified atom stereocenters. The van der Waals surface area contributed by atoms with Crippen LogP contribution in [0.1, 0.15) is 11.1 Å². The summed E-state index contributed by atoms with van der Waals surface area (Å²) in [6, 6.07) is 14.0. The van der Waals surface area contributed by atoms with Crippen LogP contribution >= 0.6 is 15.9 Å². The van der Waals surface area contributed by atoms with Gasteiger partial charge in [0, 0.05) is 18.0 Å². The summed E-state index contributed by atoms with van der Waals surface area (Å²) in [6.45, 7) is 0.104. The van der Waals surface area contributed by atoms with E-state index in [0.717, 1.165) is 0 Å². The van der Waals surface area contributed by atoms with E-state index in [1.165, 1.54) is 13.2 Å². The van der Waals surface area contributed by atoms with E-state index in [-0.39, 0.29) is 18.8 Å². The van der Waals surface area contributed by atoms with Crippen molar-refractivity contribution in [2.45, 2.75) is 12.0 Å². The molecular formula is C16H16BrFO2. The summed E-state index contributed by atoms with van der Waals surface area (Å²) < 4.78 is 19.7. The second-order valence-corrected chi connectivity index (χ2v) is 5.66. The highest BCUT2D eigenvalue weighted by molar-refractivity contribution is 9.10. The van der Waals surface area contributed by atoms with Gasteiger partial charge in [0.05, 0.1) is 6.61 Å². The summed E-state index contributed by atoms with van der Waals surface area (Å²) in [5.74, 6) is -0.343. The molecule has 0 radical (unpaired) electrons. The van der Waals surface area contributed by atoms with Crippen molar-refractivity contribution < 1.29 is 14.2 Å². The van der Waals surface area contributed by atoms with E-state index in [9.17, 15) is 9.50 Å². The molecule has 20 heavy (non-hydrogen) atoms. The van der Waals surface area contributed by atoms with Crippen LogP contribution < -0.4 is 0 Å². The minimum Gasteiger partial charge on any atom is -0.382 e. The number of halogens is 2. The van der Waals surface area contributed by atoms with E-state index in [4.69, 9.17) is 4.74 Å². The number of methoxy groups -OCH3 is 1. The van der Waals surface area contributed by atoms with Gasteiger partial charge >= 0.3 is 0 Å². The van der Waals surface area contributed by atoms with Crippen LogP contribution in [0.25, 0.3) is 0 Å². The summed E-state index contributed by atoms with van der Waals surface area (Å²) in [5.41, 5.74) is -0.0780. The van der Waals surface area contributed by atoms with Crippen molar-refractivity contribution in [2.24, 2.45) is 0 Å². The first-order valence-corrected chi connectivity index (χ1v) is 7.05. The van der Waals surface area contributed by atoms with E-state index in [0.29, 0.717) is 15.6 Å². The number of hydrogen-bond acceptors (Lipinski definition) is 2. The quantitative estimate of drug-likeness (QED) is 0.901. The zero-order chi connectivity index (χ0) is 14.6. The Balaban J connectivity index is 2.34. The largest absolute Gasteiger partial charge is 0.382 e. The van der Waals surface area contributed by atoms with Gasteiger partial charge in [-0.1, -0.05) is 52.3 Å². The third-order valence-corrected chi connectivity index (χ3v) is 3.69. The molecule has 0 saturated carbocycles. The Morgan fingerprint density at radius 1 is 1.20 bits per heavy atom. The van der Waals surface area contributed by atoms with E-state index < -0.39 is 5.60 Å². The van der Waals surface area contributed by atoms with Gasteiger partial charge in [-0.15, -0.1) is 0 Å². The molecule has 106 valence electrons. The molecule has 0 aliphatic rings. The van der Waals surface area contributed by atoms with Crippen LogP contribution in [0.5, 0.6) is 0 Å². The van der Waals surface area contributed by atoms with Crippen LogP contribution in [0.2, 0.25) is 0 Å². The highest BCUT2D eigenvalue weighted by atomic mass is 79.9. The van der Waals surface area contributed by atoms with Gasteiger partial charge in [-0.3, -0.25) is 0 Å². The molecule has 0 bridgehead atoms. The van der Waals surface area contributed by atoms with Gasteiger partial charge in [-0.25, -0.2) is 4.39 Å². The highest BCUT2D eigenvalue weighted by Crippen LogP contribution is 2.28. The Hall–Kier alpha value is -1.23. The first kappa shape index (κ1) is 15.2. The molecule has 0 saturated heterocycles. The maximum Gasteiger partial charge on any atom is 0.127 e. The van der Waals surface area contributed by atoms with Crippen LogP contribution in [-0.2, 0) is 16.8 Å². The molecule has 1 N–H and O–H groups in total. The highest BCUT2D eigenvalue weighted by Gasteiger charge is 2.30. The smallest absolute Gasteiger partial charge is 0.127 e. The van der Waals surface area contributed by atoms with E-state index in [1.54, 1.807) is 12.1 Å². The fourth-order valence-corrected chi connectivity index (χ4v) is 2.54. The third-order valence-electron chi connectivity index (χ3n) is 3.19. The van der Waals surface area contributed by atoms with Crippen LogP contribution in [0.3, 0.4) is 0 Å². The Morgan fingerprint density at radius 3 is 2.50 bits per heavy atom. The standard InChI is InChI=1S/C16H16BrFO2/c1-20-11-16(19,13-5-3-2-4-6-13)10-12-7-8-14(17)9-15(12)18/h2-9,19H,10-11H2,1H3. The van der Waals surface area contributed by atoms with E-state index in [2.05, 4.69) is 15.9 Å². The molecule has 0 heterocycles. The van der Waals surface area contributed by atoms with Crippen LogP contribution in [-0.4, -0.2) is 18.8 Å². The van der Waals surface area contributed by atoms with Crippen molar-refractivity contribution in [3.8, 4) is 0 Å². The molecule has 0 amide bonds. The lowest BCUT2D eigenvalue weighted by Gasteiger charge is -2.28. The molecule has 4 heteroatoms. The Kier molecular flexibility index (Phi) is 4.91. The topological polar surface area (TPSA) is 29.5 Å². The summed E-state index contributed by atoms with van der Waals surface area (Å²) in [4.78, 5) is 0. The summed E-state index contributed by atoms with van der Waals surface area (Å²) in [6.07, 6.45) is 0.157. The molecule has 2 aromatic rings. The normalized spacial score (nSPS) is 14.0. The van der Waals surface area contributed by atoms with Gasteiger partial charge in [0.2, 0.25) is 0 Å². The van der Waals surface area contributed by atoms with Crippen molar-refractivity contribution in [1.29, 1.82) is 0 Å². The monoisotopic (exact) mass is 338 g/mol. The van der Waals surface area contributed by atoms with Gasteiger partial charge in [0.1, 0.15) is 11.4 Å². The van der Waals surface area contributed by atoms with Crippen molar-refractivity contribution in [3.05, 3.63) is 69.9 Å². The molecule has 0 aromatic heterocycles. The summed E-state index contributed by atoms with van der Waals surface area (Å²) in [5, 5.41) is 10.8. The number of ether oxygens (including phenoxy) is 1. The number of rotatable bonds is 5. The number of aliphatic hydroxyl groups is 1. The second kappa shape index (κ2) is 6.48. The van der Waals surface area contributed by atoms with Crippen LogP contribution in [0.15, 0.2) is 53.0 Å². The van der Waals surface area contributed by atoms with Gasteiger partial charge in [-0.05, 0) is 23.3 Å². The maximum absolute atomic E-state index is 14.0. The SMILES string of the molecule is COCC(O)(Cc1ccc(Br)cc1F)c1ccccc1. The average molecular weight is 339 g/mol.